The Morgan fingerprint density at radius 1 is 1.42 bits per heavy atom. The SMILES string of the molecule is C[C@@H](N[S@](=O)C(C)(C)C)c1cc2nn(C)cc2cn1. The minimum Gasteiger partial charge on any atom is -0.275 e. The summed E-state index contributed by atoms with van der Waals surface area (Å²) in [5.41, 5.74) is 1.76. The summed E-state index contributed by atoms with van der Waals surface area (Å²) in [6, 6.07) is 1.86. The average molecular weight is 280 g/mol. The summed E-state index contributed by atoms with van der Waals surface area (Å²) in [6.07, 6.45) is 3.73. The highest BCUT2D eigenvalue weighted by Crippen LogP contribution is 2.18. The molecule has 0 aliphatic heterocycles. The van der Waals surface area contributed by atoms with E-state index in [1.165, 1.54) is 0 Å². The number of nitrogens with one attached hydrogen (secondary N) is 1. The first-order chi connectivity index (χ1) is 8.77. The second kappa shape index (κ2) is 5.02. The first-order valence-corrected chi connectivity index (χ1v) is 7.39. The lowest BCUT2D eigenvalue weighted by Gasteiger charge is -2.21. The molecule has 104 valence electrons. The van der Waals surface area contributed by atoms with Crippen LogP contribution in [0.5, 0.6) is 0 Å². The number of rotatable bonds is 3. The quantitative estimate of drug-likeness (QED) is 0.936. The van der Waals surface area contributed by atoms with E-state index in [0.717, 1.165) is 16.6 Å². The lowest BCUT2D eigenvalue weighted by molar-refractivity contribution is 0.612. The van der Waals surface area contributed by atoms with E-state index in [0.29, 0.717) is 0 Å². The number of fused-ring (bicyclic) bond motifs is 1. The topological polar surface area (TPSA) is 59.8 Å². The van der Waals surface area contributed by atoms with E-state index in [4.69, 9.17) is 0 Å². The third-order valence-electron chi connectivity index (χ3n) is 2.81. The summed E-state index contributed by atoms with van der Waals surface area (Å²) in [4.78, 5) is 4.40. The van der Waals surface area contributed by atoms with Crippen molar-refractivity contribution in [3.63, 3.8) is 0 Å². The molecule has 0 aliphatic carbocycles. The Bertz CT molecular complexity index is 615. The monoisotopic (exact) mass is 280 g/mol. The number of aromatic nitrogens is 3. The minimum absolute atomic E-state index is 0.0773. The summed E-state index contributed by atoms with van der Waals surface area (Å²) >= 11 is 0. The van der Waals surface area contributed by atoms with E-state index in [9.17, 15) is 4.21 Å². The predicted molar refractivity (Wildman–Crippen MR) is 78.0 cm³/mol. The van der Waals surface area contributed by atoms with Crippen LogP contribution in [0, 0.1) is 0 Å². The molecule has 2 heterocycles. The van der Waals surface area contributed by atoms with Gasteiger partial charge in [0, 0.05) is 24.8 Å². The van der Waals surface area contributed by atoms with Crippen LogP contribution in [-0.4, -0.2) is 23.7 Å². The summed E-state index contributed by atoms with van der Waals surface area (Å²) < 4.78 is 16.6. The Morgan fingerprint density at radius 3 is 2.74 bits per heavy atom. The van der Waals surface area contributed by atoms with E-state index >= 15 is 0 Å². The summed E-state index contributed by atoms with van der Waals surface area (Å²) in [6.45, 7) is 7.79. The highest BCUT2D eigenvalue weighted by molar-refractivity contribution is 7.84. The fourth-order valence-electron chi connectivity index (χ4n) is 1.69. The summed E-state index contributed by atoms with van der Waals surface area (Å²) in [5, 5.41) is 5.37. The molecule has 1 N–H and O–H groups in total. The number of aryl methyl sites for hydroxylation is 1. The highest BCUT2D eigenvalue weighted by Gasteiger charge is 2.22. The molecule has 2 atom stereocenters. The van der Waals surface area contributed by atoms with Gasteiger partial charge in [-0.3, -0.25) is 9.67 Å². The van der Waals surface area contributed by atoms with Gasteiger partial charge in [0.05, 0.1) is 33.0 Å². The second-order valence-corrected chi connectivity index (χ2v) is 7.69. The van der Waals surface area contributed by atoms with Crippen molar-refractivity contribution in [2.45, 2.75) is 38.5 Å². The predicted octanol–water partition coefficient (Wildman–Crippen LogP) is 2.08. The van der Waals surface area contributed by atoms with Crippen LogP contribution in [-0.2, 0) is 18.0 Å². The molecule has 2 rings (SSSR count). The maximum Gasteiger partial charge on any atom is 0.0976 e. The van der Waals surface area contributed by atoms with Gasteiger partial charge < -0.3 is 0 Å². The standard InChI is InChI=1S/C13H20N4OS/c1-9(16-19(18)13(2,3)4)11-6-12-10(7-14-11)8-17(5)15-12/h6-9,16H,1-5H3/t9-,19-/m1/s1. The van der Waals surface area contributed by atoms with Gasteiger partial charge in [-0.25, -0.2) is 8.93 Å². The molecule has 0 spiro atoms. The van der Waals surface area contributed by atoms with E-state index in [-0.39, 0.29) is 10.8 Å². The molecule has 5 nitrogen and oxygen atoms in total. The van der Waals surface area contributed by atoms with Gasteiger partial charge in [-0.05, 0) is 33.8 Å². The van der Waals surface area contributed by atoms with Crippen molar-refractivity contribution in [3.8, 4) is 0 Å². The fraction of sp³-hybridized carbons (Fsp3) is 0.538. The molecule has 19 heavy (non-hydrogen) atoms. The zero-order valence-electron chi connectivity index (χ0n) is 12.0. The Balaban J connectivity index is 2.21. The maximum absolute atomic E-state index is 12.1. The fourth-order valence-corrected chi connectivity index (χ4v) is 2.49. The van der Waals surface area contributed by atoms with Gasteiger partial charge in [-0.15, -0.1) is 0 Å². The normalized spacial score (nSPS) is 15.6. The molecule has 0 saturated carbocycles. The van der Waals surface area contributed by atoms with Crippen molar-refractivity contribution in [2.75, 3.05) is 0 Å². The van der Waals surface area contributed by atoms with Crippen molar-refractivity contribution in [3.05, 3.63) is 24.2 Å². The number of pyridine rings is 1. The lowest BCUT2D eigenvalue weighted by Crippen LogP contribution is -2.35. The first-order valence-electron chi connectivity index (χ1n) is 6.25. The zero-order chi connectivity index (χ0) is 14.2. The van der Waals surface area contributed by atoms with Crippen LogP contribution >= 0.6 is 0 Å². The van der Waals surface area contributed by atoms with Gasteiger partial charge in [0.15, 0.2) is 0 Å². The molecular formula is C13H20N4OS. The van der Waals surface area contributed by atoms with Gasteiger partial charge in [0.2, 0.25) is 0 Å². The molecule has 0 saturated heterocycles. The highest BCUT2D eigenvalue weighted by atomic mass is 32.2. The number of nitrogens with zero attached hydrogens (tertiary/aromatic N) is 3. The van der Waals surface area contributed by atoms with Crippen LogP contribution < -0.4 is 4.72 Å². The molecule has 0 aromatic carbocycles. The molecule has 0 fully saturated rings. The second-order valence-electron chi connectivity index (χ2n) is 5.69. The Morgan fingerprint density at radius 2 is 2.11 bits per heavy atom. The lowest BCUT2D eigenvalue weighted by atomic mass is 10.2. The molecule has 0 amide bonds. The minimum atomic E-state index is -1.11. The molecule has 2 aromatic rings. The first kappa shape index (κ1) is 14.1. The average Bonchev–Trinajstić information content (AvgIpc) is 2.66. The van der Waals surface area contributed by atoms with Gasteiger partial charge in [-0.1, -0.05) is 0 Å². The third kappa shape index (κ3) is 3.19. The molecule has 0 unspecified atom stereocenters. The van der Waals surface area contributed by atoms with Crippen LogP contribution in [0.15, 0.2) is 18.5 Å². The summed E-state index contributed by atoms with van der Waals surface area (Å²) in [7, 11) is 0.773. The van der Waals surface area contributed by atoms with Crippen molar-refractivity contribution in [1.82, 2.24) is 19.5 Å². The van der Waals surface area contributed by atoms with E-state index in [1.807, 2.05) is 47.0 Å². The Kier molecular flexibility index (Phi) is 3.73. The molecule has 0 bridgehead atoms. The number of hydrogen-bond acceptors (Lipinski definition) is 3. The molecule has 2 aromatic heterocycles. The molecule has 0 radical (unpaired) electrons. The van der Waals surface area contributed by atoms with E-state index < -0.39 is 11.0 Å². The van der Waals surface area contributed by atoms with Crippen molar-refractivity contribution >= 4 is 21.9 Å². The van der Waals surface area contributed by atoms with Gasteiger partial charge in [-0.2, -0.15) is 5.10 Å². The van der Waals surface area contributed by atoms with Crippen molar-refractivity contribution in [1.29, 1.82) is 0 Å². The van der Waals surface area contributed by atoms with Gasteiger partial charge in [0.1, 0.15) is 0 Å². The Hall–Kier alpha value is -1.27. The van der Waals surface area contributed by atoms with Crippen LogP contribution in [0.2, 0.25) is 0 Å². The smallest absolute Gasteiger partial charge is 0.0976 e. The Labute approximate surface area is 116 Å². The van der Waals surface area contributed by atoms with E-state index in [2.05, 4.69) is 14.8 Å². The molecule has 6 heteroatoms. The van der Waals surface area contributed by atoms with Crippen molar-refractivity contribution < 1.29 is 4.21 Å². The van der Waals surface area contributed by atoms with Crippen LogP contribution in [0.4, 0.5) is 0 Å². The van der Waals surface area contributed by atoms with Gasteiger partial charge in [0.25, 0.3) is 0 Å². The van der Waals surface area contributed by atoms with Crippen LogP contribution in [0.25, 0.3) is 10.9 Å². The van der Waals surface area contributed by atoms with Crippen LogP contribution in [0.3, 0.4) is 0 Å². The largest absolute Gasteiger partial charge is 0.275 e. The third-order valence-corrected chi connectivity index (χ3v) is 4.49. The summed E-state index contributed by atoms with van der Waals surface area (Å²) in [5.74, 6) is 0. The van der Waals surface area contributed by atoms with Crippen LogP contribution in [0.1, 0.15) is 39.4 Å². The number of hydrogen-bond donors (Lipinski definition) is 1. The van der Waals surface area contributed by atoms with Crippen molar-refractivity contribution in [2.24, 2.45) is 7.05 Å². The molecule has 0 aliphatic rings. The van der Waals surface area contributed by atoms with E-state index in [1.54, 1.807) is 10.9 Å². The van der Waals surface area contributed by atoms with Gasteiger partial charge >= 0.3 is 0 Å². The molecular weight excluding hydrogens is 260 g/mol. The maximum atomic E-state index is 12.1. The zero-order valence-corrected chi connectivity index (χ0v) is 12.8.